The van der Waals surface area contributed by atoms with E-state index in [1.807, 2.05) is 12.5 Å². The average Bonchev–Trinajstić information content (AvgIpc) is 2.83. The number of para-hydroxylation sites is 1. The van der Waals surface area contributed by atoms with Gasteiger partial charge in [-0.2, -0.15) is 0 Å². The third-order valence-electron chi connectivity index (χ3n) is 4.46. The van der Waals surface area contributed by atoms with Crippen molar-refractivity contribution in [3.8, 4) is 0 Å². The van der Waals surface area contributed by atoms with Gasteiger partial charge in [0.1, 0.15) is 0 Å². The molecule has 4 nitrogen and oxygen atoms in total. The molecule has 4 heteroatoms. The maximum atomic E-state index is 4.35. The van der Waals surface area contributed by atoms with Gasteiger partial charge in [-0.3, -0.25) is 4.90 Å². The molecule has 1 aromatic carbocycles. The quantitative estimate of drug-likeness (QED) is 0.847. The van der Waals surface area contributed by atoms with Gasteiger partial charge >= 0.3 is 0 Å². The van der Waals surface area contributed by atoms with Crippen LogP contribution in [0.25, 0.3) is 0 Å². The van der Waals surface area contributed by atoms with E-state index >= 15 is 0 Å². The molecule has 1 aliphatic heterocycles. The van der Waals surface area contributed by atoms with Crippen LogP contribution in [-0.2, 0) is 13.1 Å². The molecule has 1 fully saturated rings. The summed E-state index contributed by atoms with van der Waals surface area (Å²) >= 11 is 0. The predicted octanol–water partition coefficient (Wildman–Crippen LogP) is 3.25. The van der Waals surface area contributed by atoms with E-state index in [0.717, 1.165) is 39.3 Å². The Labute approximate surface area is 139 Å². The molecular formula is C19H28N4. The van der Waals surface area contributed by atoms with Crippen molar-refractivity contribution in [2.24, 2.45) is 5.92 Å². The summed E-state index contributed by atoms with van der Waals surface area (Å²) in [4.78, 5) is 9.42. The lowest BCUT2D eigenvalue weighted by Gasteiger charge is -2.24. The van der Waals surface area contributed by atoms with E-state index in [-0.39, 0.29) is 0 Å². The molecule has 3 rings (SSSR count). The van der Waals surface area contributed by atoms with Gasteiger partial charge in [-0.1, -0.05) is 32.0 Å². The van der Waals surface area contributed by atoms with Crippen LogP contribution in [0.2, 0.25) is 0 Å². The summed E-state index contributed by atoms with van der Waals surface area (Å²) in [6.45, 7) is 11.1. The zero-order chi connectivity index (χ0) is 16.1. The minimum Gasteiger partial charge on any atom is -0.370 e. The molecule has 0 bridgehead atoms. The summed E-state index contributed by atoms with van der Waals surface area (Å²) in [6.07, 6.45) is 5.22. The highest BCUT2D eigenvalue weighted by Crippen LogP contribution is 2.17. The van der Waals surface area contributed by atoms with Gasteiger partial charge in [0, 0.05) is 51.2 Å². The fraction of sp³-hybridized carbons (Fsp3) is 0.526. The second kappa shape index (κ2) is 7.64. The van der Waals surface area contributed by atoms with E-state index in [1.54, 1.807) is 0 Å². The molecule has 124 valence electrons. The first-order valence-electron chi connectivity index (χ1n) is 8.74. The third kappa shape index (κ3) is 4.35. The van der Waals surface area contributed by atoms with Crippen LogP contribution in [-0.4, -0.2) is 40.6 Å². The Morgan fingerprint density at radius 1 is 1.04 bits per heavy atom. The Morgan fingerprint density at radius 2 is 1.87 bits per heavy atom. The van der Waals surface area contributed by atoms with Crippen LogP contribution < -0.4 is 4.90 Å². The summed E-state index contributed by atoms with van der Waals surface area (Å²) in [7, 11) is 0. The van der Waals surface area contributed by atoms with Crippen molar-refractivity contribution in [2.45, 2.75) is 33.4 Å². The van der Waals surface area contributed by atoms with Crippen LogP contribution >= 0.6 is 0 Å². The lowest BCUT2D eigenvalue weighted by atomic mass is 10.2. The van der Waals surface area contributed by atoms with Crippen molar-refractivity contribution in [1.82, 2.24) is 14.5 Å². The summed E-state index contributed by atoms with van der Waals surface area (Å²) in [5.74, 6) is 0.653. The molecule has 1 saturated heterocycles. The Kier molecular flexibility index (Phi) is 5.34. The van der Waals surface area contributed by atoms with Gasteiger partial charge in [0.05, 0.1) is 12.0 Å². The van der Waals surface area contributed by atoms with Gasteiger partial charge in [0.2, 0.25) is 0 Å². The molecule has 1 aliphatic rings. The molecule has 0 atom stereocenters. The first-order valence-corrected chi connectivity index (χ1v) is 8.74. The van der Waals surface area contributed by atoms with Gasteiger partial charge in [0.25, 0.3) is 0 Å². The molecule has 0 N–H and O–H groups in total. The Morgan fingerprint density at radius 3 is 2.65 bits per heavy atom. The largest absolute Gasteiger partial charge is 0.370 e. The molecule has 0 radical (unpaired) electrons. The smallest absolute Gasteiger partial charge is 0.0948 e. The standard InChI is InChI=1S/C19H28N4/c1-17(2)14-23-16-20-13-19(23)15-21-9-6-10-22(12-11-21)18-7-4-3-5-8-18/h3-5,7-8,13,16-17H,6,9-12,14-15H2,1-2H3. The second-order valence-electron chi connectivity index (χ2n) is 6.88. The Balaban J connectivity index is 1.59. The zero-order valence-electron chi connectivity index (χ0n) is 14.4. The minimum absolute atomic E-state index is 0.653. The first kappa shape index (κ1) is 16.1. The molecule has 23 heavy (non-hydrogen) atoms. The van der Waals surface area contributed by atoms with Crippen molar-refractivity contribution in [3.63, 3.8) is 0 Å². The summed E-state index contributed by atoms with van der Waals surface area (Å²) in [5.41, 5.74) is 2.69. The number of nitrogens with zero attached hydrogens (tertiary/aromatic N) is 4. The van der Waals surface area contributed by atoms with Crippen LogP contribution in [0.3, 0.4) is 0 Å². The number of hydrogen-bond acceptors (Lipinski definition) is 3. The van der Waals surface area contributed by atoms with Crippen LogP contribution in [0.5, 0.6) is 0 Å². The predicted molar refractivity (Wildman–Crippen MR) is 95.6 cm³/mol. The molecule has 2 heterocycles. The van der Waals surface area contributed by atoms with Crippen molar-refractivity contribution in [1.29, 1.82) is 0 Å². The number of rotatable bonds is 5. The number of hydrogen-bond donors (Lipinski definition) is 0. The highest BCUT2D eigenvalue weighted by molar-refractivity contribution is 5.46. The Hall–Kier alpha value is -1.81. The van der Waals surface area contributed by atoms with E-state index in [0.29, 0.717) is 5.92 Å². The molecule has 0 aliphatic carbocycles. The first-order chi connectivity index (χ1) is 11.2. The maximum absolute atomic E-state index is 4.35. The van der Waals surface area contributed by atoms with E-state index in [1.165, 1.54) is 17.8 Å². The molecule has 0 saturated carbocycles. The number of anilines is 1. The fourth-order valence-corrected chi connectivity index (χ4v) is 3.29. The van der Waals surface area contributed by atoms with Crippen molar-refractivity contribution in [3.05, 3.63) is 48.5 Å². The third-order valence-corrected chi connectivity index (χ3v) is 4.46. The number of aromatic nitrogens is 2. The van der Waals surface area contributed by atoms with E-state index in [4.69, 9.17) is 0 Å². The topological polar surface area (TPSA) is 24.3 Å². The molecule has 0 spiro atoms. The second-order valence-corrected chi connectivity index (χ2v) is 6.88. The van der Waals surface area contributed by atoms with E-state index in [2.05, 4.69) is 63.5 Å². The van der Waals surface area contributed by atoms with Crippen LogP contribution in [0.4, 0.5) is 5.69 Å². The van der Waals surface area contributed by atoms with Crippen LogP contribution in [0, 0.1) is 5.92 Å². The number of benzene rings is 1. The fourth-order valence-electron chi connectivity index (χ4n) is 3.29. The molecule has 0 amide bonds. The normalized spacial score (nSPS) is 16.7. The van der Waals surface area contributed by atoms with Gasteiger partial charge in [-0.15, -0.1) is 0 Å². The maximum Gasteiger partial charge on any atom is 0.0948 e. The molecule has 0 unspecified atom stereocenters. The molecule has 2 aromatic rings. The van der Waals surface area contributed by atoms with Crippen molar-refractivity contribution < 1.29 is 0 Å². The van der Waals surface area contributed by atoms with Gasteiger partial charge < -0.3 is 9.47 Å². The van der Waals surface area contributed by atoms with Gasteiger partial charge in [0.15, 0.2) is 0 Å². The summed E-state index contributed by atoms with van der Waals surface area (Å²) < 4.78 is 2.31. The van der Waals surface area contributed by atoms with E-state index < -0.39 is 0 Å². The summed E-state index contributed by atoms with van der Waals surface area (Å²) in [6, 6.07) is 10.8. The van der Waals surface area contributed by atoms with Crippen molar-refractivity contribution in [2.75, 3.05) is 31.1 Å². The minimum atomic E-state index is 0.653. The van der Waals surface area contributed by atoms with Gasteiger partial charge in [-0.25, -0.2) is 4.98 Å². The van der Waals surface area contributed by atoms with Crippen LogP contribution in [0.1, 0.15) is 26.0 Å². The SMILES string of the molecule is CC(C)Cn1cncc1CN1CCCN(c2ccccc2)CC1. The van der Waals surface area contributed by atoms with Gasteiger partial charge in [-0.05, 0) is 24.5 Å². The Bertz CT molecular complexity index is 590. The van der Waals surface area contributed by atoms with Crippen LogP contribution in [0.15, 0.2) is 42.9 Å². The lowest BCUT2D eigenvalue weighted by molar-refractivity contribution is 0.276. The highest BCUT2D eigenvalue weighted by atomic mass is 15.2. The van der Waals surface area contributed by atoms with E-state index in [9.17, 15) is 0 Å². The molecular weight excluding hydrogens is 284 g/mol. The highest BCUT2D eigenvalue weighted by Gasteiger charge is 2.16. The lowest BCUT2D eigenvalue weighted by Crippen LogP contribution is -2.31. The van der Waals surface area contributed by atoms with Crippen molar-refractivity contribution >= 4 is 5.69 Å². The monoisotopic (exact) mass is 312 g/mol. The zero-order valence-corrected chi connectivity index (χ0v) is 14.4. The average molecular weight is 312 g/mol. The summed E-state index contributed by atoms with van der Waals surface area (Å²) in [5, 5.41) is 0. The molecule has 1 aromatic heterocycles. The number of imidazole rings is 1.